The zero-order valence-corrected chi connectivity index (χ0v) is 12.0. The highest BCUT2D eigenvalue weighted by atomic mass is 16.6. The molecule has 0 unspecified atom stereocenters. The van der Waals surface area contributed by atoms with Crippen molar-refractivity contribution >= 4 is 11.9 Å². The number of rotatable bonds is 14. The lowest BCUT2D eigenvalue weighted by Crippen LogP contribution is -2.21. The van der Waals surface area contributed by atoms with Crippen molar-refractivity contribution in [3.63, 3.8) is 0 Å². The number of carbonyl (C=O) groups is 2. The maximum absolute atomic E-state index is 11.3. The third kappa shape index (κ3) is 14.9. The second kappa shape index (κ2) is 14.3. The van der Waals surface area contributed by atoms with Crippen LogP contribution in [0.4, 0.5) is 0 Å². The van der Waals surface area contributed by atoms with E-state index in [0.717, 1.165) is 32.1 Å². The van der Waals surface area contributed by atoms with Crippen molar-refractivity contribution in [3.8, 4) is 0 Å². The number of carboxylic acids is 1. The lowest BCUT2D eigenvalue weighted by molar-refractivity contribution is -0.305. The second-order valence-electron chi connectivity index (χ2n) is 4.55. The van der Waals surface area contributed by atoms with E-state index in [9.17, 15) is 14.7 Å². The molecule has 0 atom stereocenters. The van der Waals surface area contributed by atoms with Gasteiger partial charge in [0.15, 0.2) is 0 Å². The fraction of sp³-hybridized carbons (Fsp3) is 0.857. The monoisotopic (exact) mass is 289 g/mol. The number of aliphatic carboxylic acids is 1. The van der Waals surface area contributed by atoms with E-state index in [1.807, 2.05) is 0 Å². The van der Waals surface area contributed by atoms with Gasteiger partial charge >= 0.3 is 5.97 Å². The minimum absolute atomic E-state index is 0.0308. The highest BCUT2D eigenvalue weighted by molar-refractivity contribution is 5.69. The number of aliphatic hydroxyl groups is 1. The first-order chi connectivity index (χ1) is 9.66. The molecule has 0 aromatic rings. The SMILES string of the molecule is O=C([O-])CCCCCCCCC(=O)OCCOCCO. The lowest BCUT2D eigenvalue weighted by atomic mass is 10.1. The summed E-state index contributed by atoms with van der Waals surface area (Å²) in [7, 11) is 0. The van der Waals surface area contributed by atoms with Crippen LogP contribution in [0.15, 0.2) is 0 Å². The van der Waals surface area contributed by atoms with Gasteiger partial charge in [0.1, 0.15) is 6.61 Å². The van der Waals surface area contributed by atoms with Gasteiger partial charge in [-0.25, -0.2) is 0 Å². The van der Waals surface area contributed by atoms with Crippen LogP contribution in [0, 0.1) is 0 Å². The molecule has 0 fully saturated rings. The van der Waals surface area contributed by atoms with Crippen LogP contribution in [0.2, 0.25) is 0 Å². The molecule has 0 aliphatic carbocycles. The summed E-state index contributed by atoms with van der Waals surface area (Å²) in [5.74, 6) is -1.22. The number of esters is 1. The highest BCUT2D eigenvalue weighted by Crippen LogP contribution is 2.08. The van der Waals surface area contributed by atoms with Crippen LogP contribution in [0.1, 0.15) is 51.4 Å². The normalized spacial score (nSPS) is 10.4. The van der Waals surface area contributed by atoms with Crippen LogP contribution >= 0.6 is 0 Å². The lowest BCUT2D eigenvalue weighted by Gasteiger charge is -2.05. The first-order valence-corrected chi connectivity index (χ1v) is 7.21. The number of ether oxygens (including phenoxy) is 2. The van der Waals surface area contributed by atoms with Gasteiger partial charge in [-0.1, -0.05) is 25.7 Å². The van der Waals surface area contributed by atoms with Crippen molar-refractivity contribution < 1.29 is 29.3 Å². The minimum atomic E-state index is -0.990. The smallest absolute Gasteiger partial charge is 0.305 e. The summed E-state index contributed by atoms with van der Waals surface area (Å²) in [6.45, 7) is 0.763. The first-order valence-electron chi connectivity index (χ1n) is 7.21. The summed E-state index contributed by atoms with van der Waals surface area (Å²) < 4.78 is 9.90. The van der Waals surface area contributed by atoms with Gasteiger partial charge in [0.2, 0.25) is 0 Å². The van der Waals surface area contributed by atoms with E-state index in [0.29, 0.717) is 19.4 Å². The average molecular weight is 289 g/mol. The van der Waals surface area contributed by atoms with Crippen molar-refractivity contribution in [1.82, 2.24) is 0 Å². The molecule has 20 heavy (non-hydrogen) atoms. The van der Waals surface area contributed by atoms with Gasteiger partial charge in [-0.05, 0) is 19.3 Å². The second-order valence-corrected chi connectivity index (χ2v) is 4.55. The molecule has 6 nitrogen and oxygen atoms in total. The predicted octanol–water partition coefficient (Wildman–Crippen LogP) is 0.409. The Morgan fingerprint density at radius 1 is 0.850 bits per heavy atom. The summed E-state index contributed by atoms with van der Waals surface area (Å²) in [4.78, 5) is 21.5. The van der Waals surface area contributed by atoms with Crippen molar-refractivity contribution in [1.29, 1.82) is 0 Å². The third-order valence-corrected chi connectivity index (χ3v) is 2.74. The molecule has 0 saturated heterocycles. The molecule has 0 aromatic heterocycles. The predicted molar refractivity (Wildman–Crippen MR) is 70.8 cm³/mol. The first kappa shape index (κ1) is 18.9. The van der Waals surface area contributed by atoms with Crippen molar-refractivity contribution in [2.75, 3.05) is 26.4 Å². The van der Waals surface area contributed by atoms with Crippen LogP contribution in [0.3, 0.4) is 0 Å². The molecule has 118 valence electrons. The van der Waals surface area contributed by atoms with E-state index in [1.165, 1.54) is 0 Å². The molecule has 0 aliphatic rings. The Labute approximate surface area is 120 Å². The minimum Gasteiger partial charge on any atom is -0.550 e. The van der Waals surface area contributed by atoms with Gasteiger partial charge in [0.05, 0.1) is 19.8 Å². The van der Waals surface area contributed by atoms with Crippen LogP contribution < -0.4 is 5.11 Å². The number of carbonyl (C=O) groups excluding carboxylic acids is 2. The van der Waals surface area contributed by atoms with Crippen LogP contribution in [-0.4, -0.2) is 43.5 Å². The maximum atomic E-state index is 11.3. The van der Waals surface area contributed by atoms with E-state index >= 15 is 0 Å². The molecule has 0 heterocycles. The third-order valence-electron chi connectivity index (χ3n) is 2.74. The summed E-state index contributed by atoms with van der Waals surface area (Å²) in [6.07, 6.45) is 5.80. The van der Waals surface area contributed by atoms with Gasteiger partial charge in [-0.2, -0.15) is 0 Å². The van der Waals surface area contributed by atoms with Gasteiger partial charge < -0.3 is 24.5 Å². The molecule has 0 saturated carbocycles. The highest BCUT2D eigenvalue weighted by Gasteiger charge is 2.02. The summed E-state index contributed by atoms with van der Waals surface area (Å²) in [5, 5.41) is 18.6. The largest absolute Gasteiger partial charge is 0.550 e. The Balaban J connectivity index is 3.17. The van der Waals surface area contributed by atoms with Gasteiger partial charge in [0.25, 0.3) is 0 Å². The van der Waals surface area contributed by atoms with Gasteiger partial charge in [-0.3, -0.25) is 4.79 Å². The fourth-order valence-corrected chi connectivity index (χ4v) is 1.70. The average Bonchev–Trinajstić information content (AvgIpc) is 2.41. The van der Waals surface area contributed by atoms with E-state index in [1.54, 1.807) is 0 Å². The number of carboxylic acid groups (broad SMARTS) is 1. The molecule has 1 N–H and O–H groups in total. The van der Waals surface area contributed by atoms with E-state index < -0.39 is 5.97 Å². The number of unbranched alkanes of at least 4 members (excludes halogenated alkanes) is 5. The van der Waals surface area contributed by atoms with Crippen molar-refractivity contribution in [3.05, 3.63) is 0 Å². The van der Waals surface area contributed by atoms with Gasteiger partial charge in [0, 0.05) is 12.4 Å². The number of hydrogen-bond acceptors (Lipinski definition) is 6. The Bertz CT molecular complexity index is 254. The Morgan fingerprint density at radius 2 is 1.45 bits per heavy atom. The molecule has 0 spiro atoms. The molecule has 0 amide bonds. The number of aliphatic hydroxyl groups excluding tert-OH is 1. The zero-order chi connectivity index (χ0) is 15.1. The van der Waals surface area contributed by atoms with Gasteiger partial charge in [-0.15, -0.1) is 0 Å². The molecule has 6 heteroatoms. The van der Waals surface area contributed by atoms with Crippen LogP contribution in [0.5, 0.6) is 0 Å². The van der Waals surface area contributed by atoms with Crippen molar-refractivity contribution in [2.24, 2.45) is 0 Å². The Hall–Kier alpha value is -1.14. The quantitative estimate of drug-likeness (QED) is 0.367. The Morgan fingerprint density at radius 3 is 2.05 bits per heavy atom. The van der Waals surface area contributed by atoms with E-state index in [4.69, 9.17) is 14.6 Å². The summed E-state index contributed by atoms with van der Waals surface area (Å²) >= 11 is 0. The molecule has 0 radical (unpaired) electrons. The molecule has 0 aromatic carbocycles. The molecular weight excluding hydrogens is 264 g/mol. The maximum Gasteiger partial charge on any atom is 0.305 e. The summed E-state index contributed by atoms with van der Waals surface area (Å²) in [5.41, 5.74) is 0. The molecule has 0 rings (SSSR count). The zero-order valence-electron chi connectivity index (χ0n) is 12.0. The van der Waals surface area contributed by atoms with Crippen LogP contribution in [0.25, 0.3) is 0 Å². The standard InChI is InChI=1S/C14H26O6/c15-9-10-19-11-12-20-14(18)8-6-4-2-1-3-5-7-13(16)17/h15H,1-12H2,(H,16,17)/p-1. The van der Waals surface area contributed by atoms with E-state index in [2.05, 4.69) is 0 Å². The van der Waals surface area contributed by atoms with Crippen LogP contribution in [-0.2, 0) is 19.1 Å². The molecular formula is C14H25O6-. The molecule has 0 bridgehead atoms. The number of hydrogen-bond donors (Lipinski definition) is 1. The topological polar surface area (TPSA) is 95.9 Å². The molecule has 0 aliphatic heterocycles. The van der Waals surface area contributed by atoms with E-state index in [-0.39, 0.29) is 32.2 Å². The van der Waals surface area contributed by atoms with Crippen molar-refractivity contribution in [2.45, 2.75) is 51.4 Å². The summed E-state index contributed by atoms with van der Waals surface area (Å²) in [6, 6.07) is 0. The Kier molecular flexibility index (Phi) is 13.5. The fourth-order valence-electron chi connectivity index (χ4n) is 1.70.